The minimum absolute atomic E-state index is 0.0300. The first-order valence-electron chi connectivity index (χ1n) is 29.1. The van der Waals surface area contributed by atoms with Crippen LogP contribution in [0.5, 0.6) is 0 Å². The molecule has 3 atom stereocenters. The Morgan fingerprint density at radius 3 is 1.41 bits per heavy atom. The van der Waals surface area contributed by atoms with E-state index < -0.39 is 26.6 Å². The van der Waals surface area contributed by atoms with Crippen LogP contribution >= 0.6 is 7.82 Å². The number of quaternary nitrogens is 1. The maximum absolute atomic E-state index is 13.5. The monoisotopic (exact) mass is 1000 g/mol. The fraction of sp³-hybridized carbons (Fsp3) is 0.800. The smallest absolute Gasteiger partial charge is 0.306 e. The Hall–Kier alpha value is -2.29. The number of amides is 1. The van der Waals surface area contributed by atoms with Gasteiger partial charge in [-0.1, -0.05) is 217 Å². The second-order valence-corrected chi connectivity index (χ2v) is 22.2. The first kappa shape index (κ1) is 67.7. The highest BCUT2D eigenvalue weighted by atomic mass is 31.2. The fourth-order valence-electron chi connectivity index (χ4n) is 8.13. The highest BCUT2D eigenvalue weighted by Gasteiger charge is 2.27. The van der Waals surface area contributed by atoms with E-state index in [2.05, 4.69) is 74.7 Å². The third-order valence-corrected chi connectivity index (χ3v) is 13.7. The van der Waals surface area contributed by atoms with Crippen molar-refractivity contribution in [2.24, 2.45) is 0 Å². The molecule has 70 heavy (non-hydrogen) atoms. The first-order valence-corrected chi connectivity index (χ1v) is 30.6. The lowest BCUT2D eigenvalue weighted by molar-refractivity contribution is -0.870. The second kappa shape index (κ2) is 50.3. The molecule has 0 aromatic carbocycles. The average molecular weight is 1000 g/mol. The molecular weight excluding hydrogens is 892 g/mol. The van der Waals surface area contributed by atoms with E-state index >= 15 is 0 Å². The number of hydrogen-bond donors (Lipinski definition) is 1. The van der Waals surface area contributed by atoms with Crippen LogP contribution in [0.1, 0.15) is 258 Å². The molecule has 0 fully saturated rings. The predicted octanol–water partition coefficient (Wildman–Crippen LogP) is 16.9. The van der Waals surface area contributed by atoms with E-state index in [1.54, 1.807) is 0 Å². The molecule has 0 rings (SSSR count). The largest absolute Gasteiger partial charge is 0.756 e. The standard InChI is InChI=1S/C60H111N2O7P/c1-7-10-13-16-19-22-25-27-29-31-33-35-38-41-44-47-50-53-60(64)69-58(51-48-45-42-39-36-24-21-18-15-12-9-3)57(56-68-70(65,66)67-55-54-62(4,5)6)61-59(63)52-49-46-43-40-37-34-32-30-28-26-23-20-17-14-11-8-2/h19,22,27,29-30,32,34,37,48,51,57-58H,7-18,20-21,23-26,28,31,33,35-36,38-47,49-50,52-56H2,1-6H3,(H-,61,63,65,66)/b22-19-,29-27-,32-30+,37-34+,51-48+. The summed E-state index contributed by atoms with van der Waals surface area (Å²) in [4.78, 5) is 39.8. The van der Waals surface area contributed by atoms with Crippen LogP contribution in [-0.2, 0) is 27.9 Å². The van der Waals surface area contributed by atoms with Crippen LogP contribution in [0.25, 0.3) is 0 Å². The molecule has 0 aliphatic heterocycles. The summed E-state index contributed by atoms with van der Waals surface area (Å²) >= 11 is 0. The van der Waals surface area contributed by atoms with Crippen LogP contribution in [0.2, 0.25) is 0 Å². The van der Waals surface area contributed by atoms with Crippen molar-refractivity contribution in [1.82, 2.24) is 5.32 Å². The van der Waals surface area contributed by atoms with Crippen LogP contribution < -0.4 is 10.2 Å². The lowest BCUT2D eigenvalue weighted by Gasteiger charge is -2.30. The van der Waals surface area contributed by atoms with E-state index in [-0.39, 0.29) is 31.3 Å². The van der Waals surface area contributed by atoms with E-state index in [1.165, 1.54) is 135 Å². The van der Waals surface area contributed by atoms with E-state index in [9.17, 15) is 19.0 Å². The molecule has 0 bridgehead atoms. The normalized spacial score (nSPS) is 14.2. The number of hydrogen-bond acceptors (Lipinski definition) is 7. The zero-order valence-electron chi connectivity index (χ0n) is 46.5. The Balaban J connectivity index is 5.36. The number of phosphoric ester groups is 1. The summed E-state index contributed by atoms with van der Waals surface area (Å²) in [6.07, 6.45) is 61.8. The maximum Gasteiger partial charge on any atom is 0.306 e. The summed E-state index contributed by atoms with van der Waals surface area (Å²) in [6, 6.07) is -0.905. The number of carbonyl (C=O) groups excluding carboxylic acids is 2. The molecule has 0 aromatic rings. The minimum Gasteiger partial charge on any atom is -0.756 e. The van der Waals surface area contributed by atoms with Gasteiger partial charge in [-0.3, -0.25) is 14.2 Å². The Morgan fingerprint density at radius 2 is 0.914 bits per heavy atom. The number of carbonyl (C=O) groups is 2. The molecule has 0 aliphatic carbocycles. The summed E-state index contributed by atoms with van der Waals surface area (Å²) in [7, 11) is 1.16. The molecule has 0 heterocycles. The molecule has 0 spiro atoms. The highest BCUT2D eigenvalue weighted by molar-refractivity contribution is 7.45. The van der Waals surface area contributed by atoms with Crippen LogP contribution in [-0.4, -0.2) is 69.4 Å². The van der Waals surface area contributed by atoms with Gasteiger partial charge >= 0.3 is 5.97 Å². The summed E-state index contributed by atoms with van der Waals surface area (Å²) in [6.45, 7) is 6.78. The molecule has 1 N–H and O–H groups in total. The number of ether oxygens (including phenoxy) is 1. The zero-order valence-corrected chi connectivity index (χ0v) is 47.4. The lowest BCUT2D eigenvalue weighted by Crippen LogP contribution is -2.47. The van der Waals surface area contributed by atoms with Gasteiger partial charge in [0, 0.05) is 12.8 Å². The number of nitrogens with one attached hydrogen (secondary N) is 1. The lowest BCUT2D eigenvalue weighted by atomic mass is 10.1. The van der Waals surface area contributed by atoms with Gasteiger partial charge in [0.25, 0.3) is 7.82 Å². The van der Waals surface area contributed by atoms with E-state index in [4.69, 9.17) is 13.8 Å². The molecule has 9 nitrogen and oxygen atoms in total. The molecule has 0 radical (unpaired) electrons. The van der Waals surface area contributed by atoms with Crippen molar-refractivity contribution in [2.45, 2.75) is 270 Å². The Morgan fingerprint density at radius 1 is 0.514 bits per heavy atom. The first-order chi connectivity index (χ1) is 33.9. The number of esters is 1. The van der Waals surface area contributed by atoms with Gasteiger partial charge in [0.1, 0.15) is 19.3 Å². The molecule has 0 saturated heterocycles. The van der Waals surface area contributed by atoms with Crippen molar-refractivity contribution >= 4 is 19.7 Å². The zero-order chi connectivity index (χ0) is 51.5. The Labute approximate surface area is 432 Å². The van der Waals surface area contributed by atoms with Gasteiger partial charge in [-0.05, 0) is 89.5 Å². The van der Waals surface area contributed by atoms with Crippen molar-refractivity contribution in [1.29, 1.82) is 0 Å². The van der Waals surface area contributed by atoms with E-state index in [0.29, 0.717) is 17.4 Å². The van der Waals surface area contributed by atoms with Gasteiger partial charge in [-0.25, -0.2) is 0 Å². The predicted molar refractivity (Wildman–Crippen MR) is 298 cm³/mol. The van der Waals surface area contributed by atoms with Gasteiger partial charge in [-0.2, -0.15) is 0 Å². The molecule has 10 heteroatoms. The Bertz CT molecular complexity index is 1390. The summed E-state index contributed by atoms with van der Waals surface area (Å²) in [5, 5.41) is 3.00. The molecule has 408 valence electrons. The number of nitrogens with zero attached hydrogens (tertiary/aromatic N) is 1. The van der Waals surface area contributed by atoms with Crippen molar-refractivity contribution < 1.29 is 37.3 Å². The van der Waals surface area contributed by atoms with E-state index in [0.717, 1.165) is 83.5 Å². The SMILES string of the molecule is CCCCC/C=C\C/C=C\CCCCCCCCCC(=O)OC(/C=C/CCCCCCCCCCC)C(COP(=O)([O-])OCC[N+](C)(C)C)NC(=O)CCCCC/C=C/C=C/CCCCCCCCC. The second-order valence-electron chi connectivity index (χ2n) is 20.8. The quantitative estimate of drug-likeness (QED) is 0.0161. The van der Waals surface area contributed by atoms with E-state index in [1.807, 2.05) is 33.3 Å². The van der Waals surface area contributed by atoms with Crippen LogP contribution in [0.4, 0.5) is 0 Å². The van der Waals surface area contributed by atoms with Gasteiger partial charge in [0.2, 0.25) is 5.91 Å². The molecule has 1 amide bonds. The minimum atomic E-state index is -4.70. The third-order valence-electron chi connectivity index (χ3n) is 12.7. The van der Waals surface area contributed by atoms with Crippen molar-refractivity contribution in [3.63, 3.8) is 0 Å². The van der Waals surface area contributed by atoms with Crippen LogP contribution in [0.15, 0.2) is 60.8 Å². The third kappa shape index (κ3) is 50.6. The topological polar surface area (TPSA) is 114 Å². The Kier molecular flexibility index (Phi) is 48.6. The van der Waals surface area contributed by atoms with Gasteiger partial charge in [-0.15, -0.1) is 0 Å². The van der Waals surface area contributed by atoms with Crippen molar-refractivity contribution in [2.75, 3.05) is 40.9 Å². The fourth-order valence-corrected chi connectivity index (χ4v) is 8.85. The van der Waals surface area contributed by atoms with Gasteiger partial charge in [0.05, 0.1) is 33.8 Å². The van der Waals surface area contributed by atoms with Crippen LogP contribution in [0, 0.1) is 0 Å². The number of likely N-dealkylation sites (N-methyl/N-ethyl adjacent to an activating group) is 1. The number of unbranched alkanes of at least 4 members (excludes halogenated alkanes) is 29. The molecule has 0 aromatic heterocycles. The number of rotatable bonds is 52. The molecule has 0 aliphatic rings. The molecule has 0 saturated carbocycles. The number of phosphoric acid groups is 1. The average Bonchev–Trinajstić information content (AvgIpc) is 3.32. The molecular formula is C60H111N2O7P. The van der Waals surface area contributed by atoms with Crippen LogP contribution in [0.3, 0.4) is 0 Å². The van der Waals surface area contributed by atoms with Crippen molar-refractivity contribution in [3.05, 3.63) is 60.8 Å². The summed E-state index contributed by atoms with van der Waals surface area (Å²) in [5.74, 6) is -0.580. The summed E-state index contributed by atoms with van der Waals surface area (Å²) in [5.41, 5.74) is 0. The number of allylic oxidation sites excluding steroid dienone is 9. The van der Waals surface area contributed by atoms with Gasteiger partial charge < -0.3 is 28.5 Å². The van der Waals surface area contributed by atoms with Crippen molar-refractivity contribution in [3.8, 4) is 0 Å². The van der Waals surface area contributed by atoms with Gasteiger partial charge in [0.15, 0.2) is 0 Å². The summed E-state index contributed by atoms with van der Waals surface area (Å²) < 4.78 is 30.2. The maximum atomic E-state index is 13.5. The highest BCUT2D eigenvalue weighted by Crippen LogP contribution is 2.38. The molecule has 3 unspecified atom stereocenters.